The number of nitrogens with two attached hydrogens (primary N) is 1. The van der Waals surface area contributed by atoms with Crippen LogP contribution in [0.5, 0.6) is 0 Å². The lowest BCUT2D eigenvalue weighted by Gasteiger charge is -2.11. The molecule has 0 fully saturated rings. The molecule has 0 bridgehead atoms. The third kappa shape index (κ3) is 5.09. The Bertz CT molecular complexity index is 136. The minimum absolute atomic E-state index is 0.0854. The summed E-state index contributed by atoms with van der Waals surface area (Å²) in [7, 11) is 0. The fraction of sp³-hybridized carbons (Fsp3) is 0.875. The van der Waals surface area contributed by atoms with Gasteiger partial charge in [0.2, 0.25) is 0 Å². The number of carbonyl (C=O) groups excluding carboxylic acids is 1. The van der Waals surface area contributed by atoms with Crippen molar-refractivity contribution < 1.29 is 14.6 Å². The Kier molecular flexibility index (Phi) is 5.66. The predicted molar refractivity (Wildman–Crippen MR) is 45.5 cm³/mol. The van der Waals surface area contributed by atoms with E-state index in [0.717, 1.165) is 0 Å². The zero-order valence-corrected chi connectivity index (χ0v) is 7.62. The van der Waals surface area contributed by atoms with Gasteiger partial charge in [-0.15, -0.1) is 0 Å². The minimum Gasteiger partial charge on any atom is -0.464 e. The molecule has 0 rings (SSSR count). The van der Waals surface area contributed by atoms with Crippen molar-refractivity contribution >= 4 is 5.97 Å². The average molecular weight is 175 g/mol. The molecule has 0 saturated carbocycles. The average Bonchev–Trinajstić information content (AvgIpc) is 2.00. The molecule has 0 amide bonds. The maximum atomic E-state index is 11.0. The molecular formula is C8H17NO3. The normalized spacial score (nSPS) is 13.1. The van der Waals surface area contributed by atoms with E-state index in [1.165, 1.54) is 0 Å². The standard InChI is InChI=1S/C8H17NO3/c1-6(2)5-12-8(11)7(9)3-4-10/h6-7,10H,3-5,9H2,1-2H3/t7-/m0/s1. The van der Waals surface area contributed by atoms with Gasteiger partial charge in [-0.3, -0.25) is 4.79 Å². The molecule has 12 heavy (non-hydrogen) atoms. The summed E-state index contributed by atoms with van der Waals surface area (Å²) in [6.45, 7) is 4.20. The van der Waals surface area contributed by atoms with Crippen LogP contribution in [0.15, 0.2) is 0 Å². The summed E-state index contributed by atoms with van der Waals surface area (Å²) >= 11 is 0. The lowest BCUT2D eigenvalue weighted by molar-refractivity contribution is -0.146. The fourth-order valence-electron chi connectivity index (χ4n) is 0.613. The number of aliphatic hydroxyl groups is 1. The molecule has 4 heteroatoms. The van der Waals surface area contributed by atoms with Crippen molar-refractivity contribution in [3.63, 3.8) is 0 Å². The monoisotopic (exact) mass is 175 g/mol. The van der Waals surface area contributed by atoms with Crippen molar-refractivity contribution in [1.29, 1.82) is 0 Å². The van der Waals surface area contributed by atoms with Crippen molar-refractivity contribution in [1.82, 2.24) is 0 Å². The van der Waals surface area contributed by atoms with Crippen molar-refractivity contribution in [2.45, 2.75) is 26.3 Å². The maximum absolute atomic E-state index is 11.0. The number of aliphatic hydroxyl groups excluding tert-OH is 1. The van der Waals surface area contributed by atoms with Crippen LogP contribution in [-0.2, 0) is 9.53 Å². The molecule has 0 heterocycles. The van der Waals surface area contributed by atoms with Crippen molar-refractivity contribution in [2.75, 3.05) is 13.2 Å². The maximum Gasteiger partial charge on any atom is 0.323 e. The van der Waals surface area contributed by atoms with Gasteiger partial charge in [0.05, 0.1) is 6.61 Å². The molecule has 0 radical (unpaired) electrons. The van der Waals surface area contributed by atoms with E-state index in [1.54, 1.807) is 0 Å². The van der Waals surface area contributed by atoms with Crippen LogP contribution in [0, 0.1) is 5.92 Å². The molecule has 0 aliphatic heterocycles. The van der Waals surface area contributed by atoms with Crippen LogP contribution >= 0.6 is 0 Å². The smallest absolute Gasteiger partial charge is 0.323 e. The zero-order valence-electron chi connectivity index (χ0n) is 7.62. The lowest BCUT2D eigenvalue weighted by Crippen LogP contribution is -2.33. The van der Waals surface area contributed by atoms with Gasteiger partial charge in [0, 0.05) is 6.61 Å². The zero-order chi connectivity index (χ0) is 9.56. The van der Waals surface area contributed by atoms with Gasteiger partial charge in [0.15, 0.2) is 0 Å². The molecule has 0 aromatic rings. The van der Waals surface area contributed by atoms with Crippen molar-refractivity contribution in [3.05, 3.63) is 0 Å². The molecule has 0 spiro atoms. The fourth-order valence-corrected chi connectivity index (χ4v) is 0.613. The number of rotatable bonds is 5. The van der Waals surface area contributed by atoms with Crippen LogP contribution in [0.4, 0.5) is 0 Å². The Balaban J connectivity index is 3.57. The van der Waals surface area contributed by atoms with Crippen LogP contribution in [-0.4, -0.2) is 30.3 Å². The van der Waals surface area contributed by atoms with E-state index in [-0.39, 0.29) is 13.0 Å². The Morgan fingerprint density at radius 1 is 1.58 bits per heavy atom. The molecule has 0 aromatic carbocycles. The second kappa shape index (κ2) is 5.97. The summed E-state index contributed by atoms with van der Waals surface area (Å²) < 4.78 is 4.84. The summed E-state index contributed by atoms with van der Waals surface area (Å²) in [5.74, 6) is -0.118. The summed E-state index contributed by atoms with van der Waals surface area (Å²) in [5, 5.41) is 8.48. The van der Waals surface area contributed by atoms with Crippen LogP contribution < -0.4 is 5.73 Å². The van der Waals surface area contributed by atoms with Gasteiger partial charge in [0.1, 0.15) is 6.04 Å². The highest BCUT2D eigenvalue weighted by Gasteiger charge is 2.14. The van der Waals surface area contributed by atoms with Crippen LogP contribution in [0.1, 0.15) is 20.3 Å². The van der Waals surface area contributed by atoms with Gasteiger partial charge in [-0.2, -0.15) is 0 Å². The second-order valence-corrected chi connectivity index (χ2v) is 3.14. The van der Waals surface area contributed by atoms with Gasteiger partial charge in [-0.1, -0.05) is 13.8 Å². The Morgan fingerprint density at radius 3 is 2.58 bits per heavy atom. The van der Waals surface area contributed by atoms with Crippen LogP contribution in [0.3, 0.4) is 0 Å². The van der Waals surface area contributed by atoms with Gasteiger partial charge < -0.3 is 15.6 Å². The highest BCUT2D eigenvalue weighted by molar-refractivity contribution is 5.75. The Hall–Kier alpha value is -0.610. The molecule has 0 aromatic heterocycles. The predicted octanol–water partition coefficient (Wildman–Crippen LogP) is -0.105. The second-order valence-electron chi connectivity index (χ2n) is 3.14. The largest absolute Gasteiger partial charge is 0.464 e. The van der Waals surface area contributed by atoms with Crippen molar-refractivity contribution in [3.8, 4) is 0 Å². The Morgan fingerprint density at radius 2 is 2.17 bits per heavy atom. The van der Waals surface area contributed by atoms with Crippen LogP contribution in [0.25, 0.3) is 0 Å². The Labute approximate surface area is 72.7 Å². The van der Waals surface area contributed by atoms with Gasteiger partial charge in [-0.05, 0) is 12.3 Å². The highest BCUT2D eigenvalue weighted by atomic mass is 16.5. The first-order valence-electron chi connectivity index (χ1n) is 4.11. The van der Waals surface area contributed by atoms with Gasteiger partial charge >= 0.3 is 5.97 Å². The summed E-state index contributed by atoms with van der Waals surface area (Å²) in [5.41, 5.74) is 5.38. The first-order chi connectivity index (χ1) is 5.57. The van der Waals surface area contributed by atoms with Crippen molar-refractivity contribution in [2.24, 2.45) is 11.7 Å². The number of hydrogen-bond acceptors (Lipinski definition) is 4. The number of ether oxygens (including phenoxy) is 1. The molecule has 0 saturated heterocycles. The number of carbonyl (C=O) groups is 1. The van der Waals surface area contributed by atoms with Gasteiger partial charge in [-0.25, -0.2) is 0 Å². The summed E-state index contributed by atoms with van der Waals surface area (Å²) in [6, 6.07) is -0.686. The van der Waals surface area contributed by atoms with E-state index in [4.69, 9.17) is 15.6 Å². The third-order valence-electron chi connectivity index (χ3n) is 1.30. The molecule has 1 atom stereocenters. The van der Waals surface area contributed by atoms with E-state index in [2.05, 4.69) is 0 Å². The van der Waals surface area contributed by atoms with E-state index >= 15 is 0 Å². The number of esters is 1. The molecule has 4 nitrogen and oxygen atoms in total. The van der Waals surface area contributed by atoms with E-state index in [1.807, 2.05) is 13.8 Å². The first-order valence-corrected chi connectivity index (χ1v) is 4.11. The molecule has 3 N–H and O–H groups in total. The van der Waals surface area contributed by atoms with E-state index in [9.17, 15) is 4.79 Å². The highest BCUT2D eigenvalue weighted by Crippen LogP contribution is 1.96. The number of hydrogen-bond donors (Lipinski definition) is 2. The van der Waals surface area contributed by atoms with Crippen LogP contribution in [0.2, 0.25) is 0 Å². The third-order valence-corrected chi connectivity index (χ3v) is 1.30. The molecule has 0 aliphatic rings. The lowest BCUT2D eigenvalue weighted by atomic mass is 10.2. The summed E-state index contributed by atoms with van der Waals surface area (Å²) in [6.07, 6.45) is 0.261. The van der Waals surface area contributed by atoms with E-state index < -0.39 is 12.0 Å². The molecule has 0 aliphatic carbocycles. The first kappa shape index (κ1) is 11.4. The molecule has 0 unspecified atom stereocenters. The SMILES string of the molecule is CC(C)COC(=O)[C@@H](N)CCO. The van der Waals surface area contributed by atoms with E-state index in [0.29, 0.717) is 12.5 Å². The summed E-state index contributed by atoms with van der Waals surface area (Å²) in [4.78, 5) is 11.0. The minimum atomic E-state index is -0.686. The molecular weight excluding hydrogens is 158 g/mol. The topological polar surface area (TPSA) is 72.5 Å². The molecule has 72 valence electrons. The quantitative estimate of drug-likeness (QED) is 0.572. The van der Waals surface area contributed by atoms with Gasteiger partial charge in [0.25, 0.3) is 0 Å².